The van der Waals surface area contributed by atoms with Gasteiger partial charge in [-0.2, -0.15) is 0 Å². The number of para-hydroxylation sites is 1. The number of nitrogens with one attached hydrogen (secondary N) is 1. The highest BCUT2D eigenvalue weighted by atomic mass is 35.5. The van der Waals surface area contributed by atoms with Crippen LogP contribution in [-0.2, 0) is 18.3 Å². The van der Waals surface area contributed by atoms with E-state index < -0.39 is 0 Å². The molecule has 0 radical (unpaired) electrons. The maximum atomic E-state index is 12.2. The van der Waals surface area contributed by atoms with E-state index in [-0.39, 0.29) is 11.7 Å². The Morgan fingerprint density at radius 1 is 1.18 bits per heavy atom. The first-order chi connectivity index (χ1) is 13.6. The van der Waals surface area contributed by atoms with Gasteiger partial charge in [0.1, 0.15) is 5.75 Å². The maximum absolute atomic E-state index is 12.2. The van der Waals surface area contributed by atoms with Crippen LogP contribution in [0.2, 0.25) is 5.02 Å². The Balaban J connectivity index is 1.52. The molecule has 0 aliphatic rings. The highest BCUT2D eigenvalue weighted by molar-refractivity contribution is 7.99. The molecule has 0 fully saturated rings. The van der Waals surface area contributed by atoms with Crippen molar-refractivity contribution in [2.45, 2.75) is 11.6 Å². The second-order valence-corrected chi connectivity index (χ2v) is 7.40. The summed E-state index contributed by atoms with van der Waals surface area (Å²) in [6, 6.07) is 15.3. The summed E-state index contributed by atoms with van der Waals surface area (Å²) in [6.45, 7) is 0.545. The third-order valence-corrected chi connectivity index (χ3v) is 5.54. The average Bonchev–Trinajstić information content (AvgIpc) is 3.07. The van der Waals surface area contributed by atoms with Crippen LogP contribution in [0.15, 0.2) is 53.7 Å². The number of halogens is 1. The fourth-order valence-corrected chi connectivity index (χ4v) is 3.71. The monoisotopic (exact) mass is 416 g/mol. The molecule has 3 rings (SSSR count). The summed E-state index contributed by atoms with van der Waals surface area (Å²) in [4.78, 5) is 12.2. The van der Waals surface area contributed by atoms with Crippen LogP contribution in [0, 0.1) is 0 Å². The van der Waals surface area contributed by atoms with Crippen molar-refractivity contribution in [3.05, 3.63) is 59.1 Å². The zero-order chi connectivity index (χ0) is 19.9. The van der Waals surface area contributed by atoms with Gasteiger partial charge in [-0.05, 0) is 30.2 Å². The molecule has 1 heterocycles. The maximum Gasteiger partial charge on any atom is 0.230 e. The smallest absolute Gasteiger partial charge is 0.230 e. The molecule has 28 heavy (non-hydrogen) atoms. The predicted octanol–water partition coefficient (Wildman–Crippen LogP) is 3.60. The molecule has 0 unspecified atom stereocenters. The van der Waals surface area contributed by atoms with E-state index in [1.165, 1.54) is 11.8 Å². The summed E-state index contributed by atoms with van der Waals surface area (Å²) in [5, 5.41) is 12.6. The number of nitrogens with zero attached hydrogens (tertiary/aromatic N) is 3. The van der Waals surface area contributed by atoms with Crippen molar-refractivity contribution in [2.24, 2.45) is 7.05 Å². The van der Waals surface area contributed by atoms with Gasteiger partial charge in [-0.3, -0.25) is 4.79 Å². The van der Waals surface area contributed by atoms with Crippen molar-refractivity contribution < 1.29 is 9.53 Å². The number of thioether (sulfide) groups is 1. The molecule has 1 amide bonds. The third kappa shape index (κ3) is 4.85. The molecule has 0 saturated heterocycles. The predicted molar refractivity (Wildman–Crippen MR) is 112 cm³/mol. The molecule has 146 valence electrons. The zero-order valence-electron chi connectivity index (χ0n) is 15.7. The second-order valence-electron chi connectivity index (χ2n) is 6.05. The quantitative estimate of drug-likeness (QED) is 0.568. The van der Waals surface area contributed by atoms with Gasteiger partial charge in [-0.25, -0.2) is 0 Å². The van der Waals surface area contributed by atoms with Crippen molar-refractivity contribution in [3.63, 3.8) is 0 Å². The summed E-state index contributed by atoms with van der Waals surface area (Å²) >= 11 is 7.58. The Hall–Kier alpha value is -2.51. The summed E-state index contributed by atoms with van der Waals surface area (Å²) < 4.78 is 7.17. The Labute approximate surface area is 173 Å². The fourth-order valence-electron chi connectivity index (χ4n) is 2.74. The van der Waals surface area contributed by atoms with E-state index in [1.54, 1.807) is 7.11 Å². The average molecular weight is 417 g/mol. The van der Waals surface area contributed by atoms with Gasteiger partial charge in [0.25, 0.3) is 0 Å². The van der Waals surface area contributed by atoms with Crippen molar-refractivity contribution in [1.82, 2.24) is 20.1 Å². The number of aromatic nitrogens is 3. The van der Waals surface area contributed by atoms with E-state index in [0.29, 0.717) is 29.0 Å². The first-order valence-electron chi connectivity index (χ1n) is 8.76. The number of amides is 1. The molecular formula is C20H21ClN4O2S. The summed E-state index contributed by atoms with van der Waals surface area (Å²) in [6.07, 6.45) is 0.709. The van der Waals surface area contributed by atoms with Gasteiger partial charge in [0, 0.05) is 19.2 Å². The van der Waals surface area contributed by atoms with E-state index >= 15 is 0 Å². The van der Waals surface area contributed by atoms with Crippen LogP contribution in [0.4, 0.5) is 0 Å². The number of carbonyl (C=O) groups excluding carboxylic acids is 1. The van der Waals surface area contributed by atoms with E-state index in [4.69, 9.17) is 16.3 Å². The largest absolute Gasteiger partial charge is 0.496 e. The minimum atomic E-state index is -0.0535. The van der Waals surface area contributed by atoms with Gasteiger partial charge in [0.15, 0.2) is 11.0 Å². The van der Waals surface area contributed by atoms with Crippen molar-refractivity contribution >= 4 is 29.3 Å². The van der Waals surface area contributed by atoms with Crippen molar-refractivity contribution in [1.29, 1.82) is 0 Å². The van der Waals surface area contributed by atoms with Gasteiger partial charge in [0.2, 0.25) is 5.91 Å². The third-order valence-electron chi connectivity index (χ3n) is 4.19. The van der Waals surface area contributed by atoms with Crippen LogP contribution in [0.3, 0.4) is 0 Å². The summed E-state index contributed by atoms with van der Waals surface area (Å²) in [5.74, 6) is 1.71. The number of hydrogen-bond acceptors (Lipinski definition) is 5. The van der Waals surface area contributed by atoms with Gasteiger partial charge in [-0.15, -0.1) is 10.2 Å². The van der Waals surface area contributed by atoms with Crippen LogP contribution in [0.25, 0.3) is 11.4 Å². The van der Waals surface area contributed by atoms with Gasteiger partial charge in [-0.1, -0.05) is 53.7 Å². The summed E-state index contributed by atoms with van der Waals surface area (Å²) in [7, 11) is 3.51. The number of methoxy groups -OCH3 is 1. The SMILES string of the molecule is COc1ccccc1CCNC(=O)CSc1nnc(-c2ccccc2Cl)n1C. The van der Waals surface area contributed by atoms with E-state index in [1.807, 2.05) is 60.1 Å². The highest BCUT2D eigenvalue weighted by Crippen LogP contribution is 2.28. The Morgan fingerprint density at radius 2 is 1.93 bits per heavy atom. The normalized spacial score (nSPS) is 10.7. The summed E-state index contributed by atoms with van der Waals surface area (Å²) in [5.41, 5.74) is 1.88. The first kappa shape index (κ1) is 20.2. The lowest BCUT2D eigenvalue weighted by Gasteiger charge is -2.09. The molecule has 0 saturated carbocycles. The van der Waals surface area contributed by atoms with Crippen LogP contribution in [0.1, 0.15) is 5.56 Å². The van der Waals surface area contributed by atoms with Crippen molar-refractivity contribution in [2.75, 3.05) is 19.4 Å². The van der Waals surface area contributed by atoms with Gasteiger partial charge >= 0.3 is 0 Å². The highest BCUT2D eigenvalue weighted by Gasteiger charge is 2.14. The molecule has 0 aliphatic heterocycles. The number of hydrogen-bond donors (Lipinski definition) is 1. The minimum absolute atomic E-state index is 0.0535. The van der Waals surface area contributed by atoms with Crippen LogP contribution in [0.5, 0.6) is 5.75 Å². The van der Waals surface area contributed by atoms with Gasteiger partial charge < -0.3 is 14.6 Å². The molecule has 8 heteroatoms. The number of benzene rings is 2. The van der Waals surface area contributed by atoms with E-state index in [0.717, 1.165) is 16.9 Å². The molecule has 0 bridgehead atoms. The second kappa shape index (κ2) is 9.61. The number of rotatable bonds is 8. The zero-order valence-corrected chi connectivity index (χ0v) is 17.3. The Bertz CT molecular complexity index is 961. The molecular weight excluding hydrogens is 396 g/mol. The van der Waals surface area contributed by atoms with E-state index in [9.17, 15) is 4.79 Å². The standard InChI is InChI=1S/C20H21ClN4O2S/c1-25-19(15-8-4-5-9-16(15)21)23-24-20(25)28-13-18(26)22-12-11-14-7-3-6-10-17(14)27-2/h3-10H,11-13H2,1-2H3,(H,22,26). The van der Waals surface area contributed by atoms with Crippen LogP contribution in [-0.4, -0.2) is 40.1 Å². The lowest BCUT2D eigenvalue weighted by molar-refractivity contribution is -0.118. The molecule has 1 aromatic heterocycles. The van der Waals surface area contributed by atoms with Crippen molar-refractivity contribution in [3.8, 4) is 17.1 Å². The molecule has 0 atom stereocenters. The number of carbonyl (C=O) groups is 1. The van der Waals surface area contributed by atoms with E-state index in [2.05, 4.69) is 15.5 Å². The van der Waals surface area contributed by atoms with Crippen LogP contribution >= 0.6 is 23.4 Å². The van der Waals surface area contributed by atoms with Gasteiger partial charge in [0.05, 0.1) is 17.9 Å². The molecule has 3 aromatic rings. The molecule has 0 aliphatic carbocycles. The molecule has 1 N–H and O–H groups in total. The lowest BCUT2D eigenvalue weighted by Crippen LogP contribution is -2.27. The lowest BCUT2D eigenvalue weighted by atomic mass is 10.1. The number of ether oxygens (including phenoxy) is 1. The molecule has 2 aromatic carbocycles. The minimum Gasteiger partial charge on any atom is -0.496 e. The Morgan fingerprint density at radius 3 is 2.71 bits per heavy atom. The molecule has 0 spiro atoms. The Kier molecular flexibility index (Phi) is 6.95. The molecule has 6 nitrogen and oxygen atoms in total. The fraction of sp³-hybridized carbons (Fsp3) is 0.250. The topological polar surface area (TPSA) is 69.0 Å². The van der Waals surface area contributed by atoms with Crippen LogP contribution < -0.4 is 10.1 Å². The first-order valence-corrected chi connectivity index (χ1v) is 10.1.